The van der Waals surface area contributed by atoms with Gasteiger partial charge in [0.15, 0.2) is 5.92 Å². The number of aliphatic carboxylic acids is 1. The number of esters is 2. The van der Waals surface area contributed by atoms with Gasteiger partial charge in [0, 0.05) is 11.5 Å². The van der Waals surface area contributed by atoms with Crippen LogP contribution in [0.1, 0.15) is 36.7 Å². The number of carbonyl (C=O) groups excluding carboxylic acids is 3. The van der Waals surface area contributed by atoms with Crippen LogP contribution < -0.4 is 5.32 Å². The number of methoxy groups -OCH3 is 2. The number of nitrogens with one attached hydrogen (secondary N) is 1. The van der Waals surface area contributed by atoms with Crippen molar-refractivity contribution in [2.24, 2.45) is 11.8 Å². The minimum absolute atomic E-state index is 0.00526. The Morgan fingerprint density at radius 1 is 0.970 bits per heavy atom. The molecule has 0 bridgehead atoms. The van der Waals surface area contributed by atoms with Crippen molar-refractivity contribution < 1.29 is 47.4 Å². The Bertz CT molecular complexity index is 860. The third kappa shape index (κ3) is 7.96. The summed E-state index contributed by atoms with van der Waals surface area (Å²) < 4.78 is 32.3. The normalized spacial score (nSPS) is 13.2. The van der Waals surface area contributed by atoms with Gasteiger partial charge in [0.1, 0.15) is 6.04 Å². The molecule has 1 aromatic rings. The molecule has 0 saturated carbocycles. The van der Waals surface area contributed by atoms with Crippen molar-refractivity contribution in [3.05, 3.63) is 35.4 Å². The van der Waals surface area contributed by atoms with Gasteiger partial charge < -0.3 is 28.9 Å². The van der Waals surface area contributed by atoms with E-state index in [-0.39, 0.29) is 24.9 Å². The van der Waals surface area contributed by atoms with Crippen LogP contribution in [-0.2, 0) is 43.6 Å². The van der Waals surface area contributed by atoms with E-state index < -0.39 is 49.3 Å². The van der Waals surface area contributed by atoms with Crippen LogP contribution in [0.5, 0.6) is 0 Å². The van der Waals surface area contributed by atoms with Crippen LogP contribution in [0.3, 0.4) is 0 Å². The Morgan fingerprint density at radius 3 is 1.85 bits per heavy atom. The van der Waals surface area contributed by atoms with Gasteiger partial charge in [-0.1, -0.05) is 19.1 Å². The van der Waals surface area contributed by atoms with Gasteiger partial charge in [-0.2, -0.15) is 0 Å². The number of rotatable bonds is 13. The fourth-order valence-corrected chi connectivity index (χ4v) is 4.82. The number of amides is 1. The second-order valence-corrected chi connectivity index (χ2v) is 9.03. The summed E-state index contributed by atoms with van der Waals surface area (Å²) in [5, 5.41) is 11.9. The predicted molar refractivity (Wildman–Crippen MR) is 117 cm³/mol. The first-order valence-electron chi connectivity index (χ1n) is 10.2. The van der Waals surface area contributed by atoms with Crippen LogP contribution in [-0.4, -0.2) is 62.4 Å². The molecule has 1 rings (SSSR count). The lowest BCUT2D eigenvalue weighted by atomic mass is 9.87. The molecule has 0 aliphatic carbocycles. The molecule has 0 fully saturated rings. The van der Waals surface area contributed by atoms with Crippen molar-refractivity contribution in [2.75, 3.05) is 27.4 Å². The minimum Gasteiger partial charge on any atom is -0.480 e. The smallest absolute Gasteiger partial charge is 0.335 e. The quantitative estimate of drug-likeness (QED) is 0.240. The fourth-order valence-electron chi connectivity index (χ4n) is 3.12. The Balaban J connectivity index is 3.04. The summed E-state index contributed by atoms with van der Waals surface area (Å²) in [6, 6.07) is 4.36. The fraction of sp³-hybridized carbons (Fsp3) is 0.524. The number of hydrogen-bond donors (Lipinski definition) is 2. The molecule has 2 atom stereocenters. The van der Waals surface area contributed by atoms with E-state index in [0.717, 1.165) is 14.2 Å². The van der Waals surface area contributed by atoms with Gasteiger partial charge in [-0.15, -0.1) is 0 Å². The number of carboxylic acids is 1. The summed E-state index contributed by atoms with van der Waals surface area (Å²) in [5.74, 6) is -6.87. The molecular weight excluding hydrogens is 457 g/mol. The van der Waals surface area contributed by atoms with E-state index in [1.165, 1.54) is 19.1 Å². The van der Waals surface area contributed by atoms with Crippen molar-refractivity contribution in [3.8, 4) is 0 Å². The molecule has 12 heteroatoms. The van der Waals surface area contributed by atoms with E-state index in [4.69, 9.17) is 9.05 Å². The largest absolute Gasteiger partial charge is 0.480 e. The maximum Gasteiger partial charge on any atom is 0.335 e. The number of carboxylic acid groups (broad SMARTS) is 1. The SMILES string of the molecule is CCOP(=O)(Cc1ccc(C(=O)N[C@@H](C(=O)O)[C@@H](C)C(C(=O)OC)C(=O)OC)cc1)OCC. The van der Waals surface area contributed by atoms with E-state index in [2.05, 4.69) is 14.8 Å². The zero-order valence-corrected chi connectivity index (χ0v) is 20.1. The minimum atomic E-state index is -3.33. The van der Waals surface area contributed by atoms with Crippen molar-refractivity contribution in [3.63, 3.8) is 0 Å². The second-order valence-electron chi connectivity index (χ2n) is 6.97. The predicted octanol–water partition coefficient (Wildman–Crippen LogP) is 2.23. The van der Waals surface area contributed by atoms with E-state index in [9.17, 15) is 28.8 Å². The first kappa shape index (κ1) is 28.3. The summed E-state index contributed by atoms with van der Waals surface area (Å²) >= 11 is 0. The molecule has 0 saturated heterocycles. The lowest BCUT2D eigenvalue weighted by Crippen LogP contribution is -2.50. The summed E-state index contributed by atoms with van der Waals surface area (Å²) in [6.45, 7) is 5.14. The number of hydrogen-bond acceptors (Lipinski definition) is 9. The second kappa shape index (κ2) is 13.1. The van der Waals surface area contributed by atoms with Crippen LogP contribution in [0.25, 0.3) is 0 Å². The molecule has 1 aromatic carbocycles. The lowest BCUT2D eigenvalue weighted by molar-refractivity contribution is -0.162. The first-order valence-corrected chi connectivity index (χ1v) is 11.9. The molecule has 0 aliphatic heterocycles. The molecule has 184 valence electrons. The van der Waals surface area contributed by atoms with E-state index in [0.29, 0.717) is 5.56 Å². The topological polar surface area (TPSA) is 155 Å². The summed E-state index contributed by atoms with van der Waals surface area (Å²) in [7, 11) is -1.23. The standard InChI is InChI=1S/C21H30NO10P/c1-6-31-33(28,32-7-2)12-14-8-10-15(11-9-14)18(23)22-17(19(24)25)13(3)16(20(26)29-4)21(27)30-5/h8-11,13,16-17H,6-7,12H2,1-5H3,(H,22,23)(H,24,25)/t13-,17+/m0/s1. The van der Waals surface area contributed by atoms with Crippen molar-refractivity contribution in [2.45, 2.75) is 33.0 Å². The first-order chi connectivity index (χ1) is 15.5. The van der Waals surface area contributed by atoms with Crippen molar-refractivity contribution >= 4 is 31.4 Å². The molecular formula is C21H30NO10P. The van der Waals surface area contributed by atoms with Crippen LogP contribution in [0.4, 0.5) is 0 Å². The molecule has 0 heterocycles. The highest BCUT2D eigenvalue weighted by Crippen LogP contribution is 2.51. The molecule has 0 aliphatic rings. The number of benzene rings is 1. The third-order valence-corrected chi connectivity index (χ3v) is 6.81. The van der Waals surface area contributed by atoms with Gasteiger partial charge in [0.2, 0.25) is 0 Å². The molecule has 2 N–H and O–H groups in total. The molecule has 0 radical (unpaired) electrons. The summed E-state index contributed by atoms with van der Waals surface area (Å²) in [6.07, 6.45) is 0.00526. The van der Waals surface area contributed by atoms with Gasteiger partial charge in [-0.3, -0.25) is 18.9 Å². The van der Waals surface area contributed by atoms with Gasteiger partial charge in [0.05, 0.1) is 33.6 Å². The Hall–Kier alpha value is -2.75. The number of carbonyl (C=O) groups is 4. The average molecular weight is 487 g/mol. The van der Waals surface area contributed by atoms with Gasteiger partial charge in [0.25, 0.3) is 5.91 Å². The highest BCUT2D eigenvalue weighted by Gasteiger charge is 2.42. The summed E-state index contributed by atoms with van der Waals surface area (Å²) in [4.78, 5) is 48.5. The maximum atomic E-state index is 12.7. The highest BCUT2D eigenvalue weighted by atomic mass is 31.2. The zero-order valence-electron chi connectivity index (χ0n) is 19.2. The van der Waals surface area contributed by atoms with Crippen LogP contribution in [0.15, 0.2) is 24.3 Å². The molecule has 1 amide bonds. The molecule has 0 spiro atoms. The van der Waals surface area contributed by atoms with E-state index in [1.807, 2.05) is 0 Å². The average Bonchev–Trinajstić information content (AvgIpc) is 2.77. The molecule has 0 aromatic heterocycles. The van der Waals surface area contributed by atoms with E-state index in [1.54, 1.807) is 26.0 Å². The van der Waals surface area contributed by atoms with Crippen LogP contribution >= 0.6 is 7.60 Å². The maximum absolute atomic E-state index is 12.7. The number of ether oxygens (including phenoxy) is 2. The van der Waals surface area contributed by atoms with Crippen molar-refractivity contribution in [1.29, 1.82) is 0 Å². The molecule has 33 heavy (non-hydrogen) atoms. The van der Waals surface area contributed by atoms with Gasteiger partial charge in [-0.05, 0) is 31.5 Å². The zero-order chi connectivity index (χ0) is 25.2. The van der Waals surface area contributed by atoms with Crippen LogP contribution in [0.2, 0.25) is 0 Å². The van der Waals surface area contributed by atoms with E-state index >= 15 is 0 Å². The molecule has 0 unspecified atom stereocenters. The Morgan fingerprint density at radius 2 is 1.45 bits per heavy atom. The third-order valence-electron chi connectivity index (χ3n) is 4.76. The highest BCUT2D eigenvalue weighted by molar-refractivity contribution is 7.53. The Kier molecular flexibility index (Phi) is 11.2. The van der Waals surface area contributed by atoms with Crippen molar-refractivity contribution in [1.82, 2.24) is 5.32 Å². The summed E-state index contributed by atoms with van der Waals surface area (Å²) in [5.41, 5.74) is 0.712. The van der Waals surface area contributed by atoms with Crippen LogP contribution in [0, 0.1) is 11.8 Å². The monoisotopic (exact) mass is 487 g/mol. The van der Waals surface area contributed by atoms with Gasteiger partial charge >= 0.3 is 25.5 Å². The molecule has 11 nitrogen and oxygen atoms in total. The lowest BCUT2D eigenvalue weighted by Gasteiger charge is -2.26. The van der Waals surface area contributed by atoms with Gasteiger partial charge in [-0.25, -0.2) is 4.79 Å². The Labute approximate surface area is 192 Å².